The zero-order valence-corrected chi connectivity index (χ0v) is 25.5. The van der Waals surface area contributed by atoms with Crippen LogP contribution in [-0.4, -0.2) is 8.07 Å². The van der Waals surface area contributed by atoms with Crippen molar-refractivity contribution in [2.75, 3.05) is 0 Å². The van der Waals surface area contributed by atoms with Crippen LogP contribution in [0.3, 0.4) is 0 Å². The molecule has 0 N–H and O–H groups in total. The third kappa shape index (κ3) is 4.19. The molecule has 0 atom stereocenters. The topological polar surface area (TPSA) is 21.4 Å². The fourth-order valence-corrected chi connectivity index (χ4v) is 7.87. The summed E-state index contributed by atoms with van der Waals surface area (Å²) in [5, 5.41) is 5.16. The molecule has 0 bridgehead atoms. The molecule has 39 heavy (non-hydrogen) atoms. The lowest BCUT2D eigenvalue weighted by atomic mass is 9.91. The standard InChI is InChI=1S/C35H39N2OSi/c1-21-17-29-27-14-15-30(36-4)23(3)34(27)38-35(29)33(22(21)2)32-19-25(18-24-11-9-10-12-24)28-20-26(39(6,7)8)13-16-31(28)37(32)5/h13-17,19-20,24H,9-12,18H2,1-3,5-8H3/q+1. The van der Waals surface area contributed by atoms with E-state index in [1.807, 2.05) is 13.0 Å². The number of rotatable bonds is 4. The van der Waals surface area contributed by atoms with Gasteiger partial charge in [0, 0.05) is 28.3 Å². The molecule has 2 heterocycles. The Hall–Kier alpha value is -3.42. The van der Waals surface area contributed by atoms with Crippen molar-refractivity contribution < 1.29 is 8.98 Å². The highest BCUT2D eigenvalue weighted by Crippen LogP contribution is 2.42. The molecule has 3 aromatic carbocycles. The van der Waals surface area contributed by atoms with Gasteiger partial charge in [-0.05, 0) is 67.5 Å². The van der Waals surface area contributed by atoms with E-state index in [0.717, 1.165) is 39.8 Å². The number of fused-ring (bicyclic) bond motifs is 4. The Morgan fingerprint density at radius 1 is 0.897 bits per heavy atom. The summed E-state index contributed by atoms with van der Waals surface area (Å²) in [6.45, 7) is 21.4. The zero-order valence-electron chi connectivity index (χ0n) is 24.5. The van der Waals surface area contributed by atoms with Gasteiger partial charge in [0.2, 0.25) is 11.2 Å². The van der Waals surface area contributed by atoms with Crippen LogP contribution in [0.25, 0.3) is 48.9 Å². The first kappa shape index (κ1) is 25.8. The first-order valence-electron chi connectivity index (χ1n) is 14.4. The predicted octanol–water partition coefficient (Wildman–Crippen LogP) is 8.98. The van der Waals surface area contributed by atoms with Crippen molar-refractivity contribution in [3.63, 3.8) is 0 Å². The molecule has 0 radical (unpaired) electrons. The van der Waals surface area contributed by atoms with E-state index in [2.05, 4.69) is 86.3 Å². The van der Waals surface area contributed by atoms with E-state index < -0.39 is 8.07 Å². The lowest BCUT2D eigenvalue weighted by Gasteiger charge is -2.19. The Morgan fingerprint density at radius 2 is 1.64 bits per heavy atom. The molecule has 0 aliphatic heterocycles. The van der Waals surface area contributed by atoms with Crippen molar-refractivity contribution in [3.05, 3.63) is 76.1 Å². The molecule has 1 aliphatic rings. The number of aromatic nitrogens is 1. The van der Waals surface area contributed by atoms with E-state index in [9.17, 15) is 0 Å². The van der Waals surface area contributed by atoms with Crippen LogP contribution in [0.5, 0.6) is 0 Å². The van der Waals surface area contributed by atoms with Gasteiger partial charge < -0.3 is 4.42 Å². The normalized spacial score (nSPS) is 14.6. The van der Waals surface area contributed by atoms with Gasteiger partial charge in [-0.15, -0.1) is 0 Å². The maximum absolute atomic E-state index is 7.60. The fourth-order valence-electron chi connectivity index (χ4n) is 6.71. The van der Waals surface area contributed by atoms with Gasteiger partial charge in [-0.1, -0.05) is 68.7 Å². The van der Waals surface area contributed by atoms with Crippen LogP contribution in [0.15, 0.2) is 46.9 Å². The molecule has 0 spiro atoms. The first-order valence-corrected chi connectivity index (χ1v) is 17.9. The summed E-state index contributed by atoms with van der Waals surface area (Å²) < 4.78 is 9.08. The molecule has 0 saturated heterocycles. The lowest BCUT2D eigenvalue weighted by molar-refractivity contribution is -0.633. The highest BCUT2D eigenvalue weighted by molar-refractivity contribution is 6.88. The fraction of sp³-hybridized carbons (Fsp3) is 0.371. The number of hydrogen-bond acceptors (Lipinski definition) is 1. The second-order valence-corrected chi connectivity index (χ2v) is 17.9. The Labute approximate surface area is 233 Å². The van der Waals surface area contributed by atoms with E-state index in [1.54, 1.807) is 0 Å². The van der Waals surface area contributed by atoms with Crippen molar-refractivity contribution in [2.24, 2.45) is 13.0 Å². The highest BCUT2D eigenvalue weighted by atomic mass is 28.3. The van der Waals surface area contributed by atoms with Crippen LogP contribution in [0.2, 0.25) is 19.6 Å². The number of hydrogen-bond donors (Lipinski definition) is 0. The lowest BCUT2D eigenvalue weighted by Crippen LogP contribution is -2.39. The molecule has 1 saturated carbocycles. The average molecular weight is 532 g/mol. The molecular weight excluding hydrogens is 492 g/mol. The maximum Gasteiger partial charge on any atom is 0.217 e. The summed E-state index contributed by atoms with van der Waals surface area (Å²) in [7, 11) is 0.769. The maximum atomic E-state index is 7.60. The number of nitrogens with zero attached hydrogens (tertiary/aromatic N) is 2. The van der Waals surface area contributed by atoms with Crippen molar-refractivity contribution in [2.45, 2.75) is 72.5 Å². The molecule has 5 aromatic rings. The monoisotopic (exact) mass is 531 g/mol. The minimum absolute atomic E-state index is 0.657. The predicted molar refractivity (Wildman–Crippen MR) is 167 cm³/mol. The van der Waals surface area contributed by atoms with Gasteiger partial charge in [-0.2, -0.15) is 4.57 Å². The Morgan fingerprint density at radius 3 is 2.33 bits per heavy atom. The summed E-state index contributed by atoms with van der Waals surface area (Å²) in [5.74, 6) is 0.767. The smallest absolute Gasteiger partial charge is 0.217 e. The molecular formula is C35H39N2OSi+. The number of benzene rings is 3. The average Bonchev–Trinajstić information content (AvgIpc) is 3.54. The molecule has 198 valence electrons. The van der Waals surface area contributed by atoms with Crippen LogP contribution in [-0.2, 0) is 13.5 Å². The minimum atomic E-state index is -1.44. The SMILES string of the molecule is [C-]#[N+]c1ccc2c(oc3c(-c4cc(CC5CCCC5)c5cc([Si](C)(C)C)ccc5[n+]4C)c(C)c(C)cc32)c1C. The molecule has 1 aliphatic carbocycles. The van der Waals surface area contributed by atoms with Crippen LogP contribution in [0, 0.1) is 33.3 Å². The van der Waals surface area contributed by atoms with Crippen LogP contribution >= 0.6 is 0 Å². The second-order valence-electron chi connectivity index (χ2n) is 12.8. The van der Waals surface area contributed by atoms with Gasteiger partial charge in [-0.3, -0.25) is 0 Å². The van der Waals surface area contributed by atoms with Crippen LogP contribution in [0.4, 0.5) is 5.69 Å². The van der Waals surface area contributed by atoms with Gasteiger partial charge >= 0.3 is 0 Å². The molecule has 1 fully saturated rings. The van der Waals surface area contributed by atoms with Crippen LogP contribution < -0.4 is 9.75 Å². The minimum Gasteiger partial charge on any atom is -0.456 e. The van der Waals surface area contributed by atoms with Crippen molar-refractivity contribution in [1.82, 2.24) is 0 Å². The summed E-state index contributed by atoms with van der Waals surface area (Å²) in [5.41, 5.74) is 11.0. The third-order valence-corrected chi connectivity index (χ3v) is 11.3. The first-order chi connectivity index (χ1) is 18.6. The van der Waals surface area contributed by atoms with E-state index in [0.29, 0.717) is 5.69 Å². The highest BCUT2D eigenvalue weighted by Gasteiger charge is 2.28. The van der Waals surface area contributed by atoms with Gasteiger partial charge in [0.1, 0.15) is 18.2 Å². The van der Waals surface area contributed by atoms with Gasteiger partial charge in [0.25, 0.3) is 0 Å². The number of pyridine rings is 1. The molecule has 2 aromatic heterocycles. The molecule has 3 nitrogen and oxygen atoms in total. The van der Waals surface area contributed by atoms with E-state index in [4.69, 9.17) is 11.0 Å². The van der Waals surface area contributed by atoms with E-state index >= 15 is 0 Å². The van der Waals surface area contributed by atoms with E-state index in [1.165, 1.54) is 69.7 Å². The van der Waals surface area contributed by atoms with Gasteiger partial charge in [0.15, 0.2) is 5.69 Å². The Bertz CT molecular complexity index is 1820. The quantitative estimate of drug-likeness (QED) is 0.129. The van der Waals surface area contributed by atoms with Crippen molar-refractivity contribution in [3.8, 4) is 11.3 Å². The van der Waals surface area contributed by atoms with Crippen molar-refractivity contribution in [1.29, 1.82) is 0 Å². The van der Waals surface area contributed by atoms with E-state index in [-0.39, 0.29) is 0 Å². The number of furan rings is 1. The molecule has 4 heteroatoms. The number of aryl methyl sites for hydroxylation is 3. The molecule has 0 unspecified atom stereocenters. The third-order valence-electron chi connectivity index (χ3n) is 9.27. The summed E-state index contributed by atoms with van der Waals surface area (Å²) >= 11 is 0. The summed E-state index contributed by atoms with van der Waals surface area (Å²) in [6, 6.07) is 16.0. The second kappa shape index (κ2) is 9.35. The molecule has 0 amide bonds. The van der Waals surface area contributed by atoms with Gasteiger partial charge in [0.05, 0.1) is 20.2 Å². The zero-order chi connectivity index (χ0) is 27.6. The summed E-state index contributed by atoms with van der Waals surface area (Å²) in [6.07, 6.45) is 6.54. The van der Waals surface area contributed by atoms with Gasteiger partial charge in [-0.25, -0.2) is 4.85 Å². The molecule has 6 rings (SSSR count). The summed E-state index contributed by atoms with van der Waals surface area (Å²) in [4.78, 5) is 3.73. The van der Waals surface area contributed by atoms with Crippen molar-refractivity contribution >= 4 is 51.8 Å². The van der Waals surface area contributed by atoms with Crippen LogP contribution in [0.1, 0.15) is 47.9 Å². The Balaban J connectivity index is 1.68. The Kier molecular flexibility index (Phi) is 6.19. The largest absolute Gasteiger partial charge is 0.456 e.